The van der Waals surface area contributed by atoms with Crippen LogP contribution in [0.15, 0.2) is 115 Å². The number of carboxylic acid groups (broad SMARTS) is 1. The zero-order valence-electron chi connectivity index (χ0n) is 25.9. The second-order valence-corrected chi connectivity index (χ2v) is 12.3. The third kappa shape index (κ3) is 9.95. The SMILES string of the molecule is Nc1c(N=Nc2ccc(-c3ccc(N=Nc4ccc(O)c(C(=O)[O-])c4)cc3)cc2)cc(S(=O)(=O)[O-])c2cc(S(=O)(=O)[O-])cc(O)c12.[Na+].[Na+].[Na+]. The van der Waals surface area contributed by atoms with Crippen molar-refractivity contribution in [3.63, 3.8) is 0 Å². The molecule has 0 aliphatic carbocycles. The quantitative estimate of drug-likeness (QED) is 0.0593. The topological polar surface area (TPSA) is 270 Å². The van der Waals surface area contributed by atoms with Crippen LogP contribution in [-0.2, 0) is 20.2 Å². The molecule has 0 aliphatic heterocycles. The number of carbonyl (C=O) groups excluding carboxylic acids is 1. The minimum absolute atomic E-state index is 0. The van der Waals surface area contributed by atoms with Crippen LogP contribution in [-0.4, -0.2) is 42.1 Å². The first-order chi connectivity index (χ1) is 21.6. The molecule has 15 nitrogen and oxygen atoms in total. The van der Waals surface area contributed by atoms with Gasteiger partial charge in [0.05, 0.1) is 43.9 Å². The zero-order valence-corrected chi connectivity index (χ0v) is 33.6. The van der Waals surface area contributed by atoms with Crippen molar-refractivity contribution >= 4 is 65.4 Å². The fraction of sp³-hybridized carbons (Fsp3) is 0. The summed E-state index contributed by atoms with van der Waals surface area (Å²) in [4.78, 5) is 9.15. The van der Waals surface area contributed by atoms with E-state index in [1.807, 2.05) is 0 Å². The summed E-state index contributed by atoms with van der Waals surface area (Å²) >= 11 is 0. The molecule has 0 unspecified atom stereocenters. The van der Waals surface area contributed by atoms with Gasteiger partial charge in [0, 0.05) is 10.9 Å². The van der Waals surface area contributed by atoms with E-state index >= 15 is 0 Å². The number of nitrogen functional groups attached to an aromatic ring is 1. The predicted molar refractivity (Wildman–Crippen MR) is 159 cm³/mol. The number of rotatable bonds is 8. The minimum atomic E-state index is -5.26. The molecule has 0 heterocycles. The number of anilines is 1. The monoisotopic (exact) mass is 729 g/mol. The Morgan fingerprint density at radius 3 is 1.61 bits per heavy atom. The Morgan fingerprint density at radius 2 is 1.12 bits per heavy atom. The van der Waals surface area contributed by atoms with E-state index in [0.29, 0.717) is 23.5 Å². The first-order valence-corrected chi connectivity index (χ1v) is 15.5. The standard InChI is InChI=1S/C29H21N5O10S2.3Na/c30-28-23(14-26(46(42,43)44)22-12-20(45(39,40)41)13-25(36)27(22)28)34-32-18-7-3-16(4-8-18)15-1-5-17(6-2-15)31-33-19-9-10-24(35)21(11-19)29(37)38;;;/h1-14,35-36H,30H2,(H,37,38)(H,39,40,41)(H,42,43,44);;;/q;3*+1/p-3. The molecule has 20 heteroatoms. The molecule has 234 valence electrons. The first kappa shape index (κ1) is 42.4. The third-order valence-corrected chi connectivity index (χ3v) is 8.24. The molecule has 49 heavy (non-hydrogen) atoms. The molecule has 0 spiro atoms. The van der Waals surface area contributed by atoms with E-state index in [1.165, 1.54) is 12.1 Å². The van der Waals surface area contributed by atoms with Gasteiger partial charge in [-0.25, -0.2) is 16.8 Å². The molecule has 0 radical (unpaired) electrons. The number of hydrogen-bond acceptors (Lipinski definition) is 15. The Kier molecular flexibility index (Phi) is 14.7. The number of azo groups is 2. The number of benzene rings is 5. The normalized spacial score (nSPS) is 11.6. The van der Waals surface area contributed by atoms with Crippen molar-refractivity contribution in [1.82, 2.24) is 0 Å². The number of phenols is 2. The molecule has 0 bridgehead atoms. The number of hydrogen-bond donors (Lipinski definition) is 3. The average Bonchev–Trinajstić information content (AvgIpc) is 2.99. The molecule has 0 aromatic heterocycles. The van der Waals surface area contributed by atoms with Crippen LogP contribution in [0.3, 0.4) is 0 Å². The van der Waals surface area contributed by atoms with Gasteiger partial charge in [-0.1, -0.05) is 24.3 Å². The van der Waals surface area contributed by atoms with E-state index in [2.05, 4.69) is 20.5 Å². The number of phenolic OH excluding ortho intramolecular Hbond substituents is 1. The summed E-state index contributed by atoms with van der Waals surface area (Å²) in [6.07, 6.45) is 0. The van der Waals surface area contributed by atoms with Crippen LogP contribution in [0.2, 0.25) is 0 Å². The van der Waals surface area contributed by atoms with Crippen molar-refractivity contribution in [2.45, 2.75) is 9.79 Å². The summed E-state index contributed by atoms with van der Waals surface area (Å²) in [5.74, 6) is -2.85. The number of aromatic carboxylic acids is 1. The average molecular weight is 730 g/mol. The molecule has 4 N–H and O–H groups in total. The number of nitrogens with two attached hydrogens (primary N) is 1. The first-order valence-electron chi connectivity index (χ1n) is 12.7. The van der Waals surface area contributed by atoms with E-state index < -0.39 is 63.8 Å². The number of nitrogens with zero attached hydrogens (tertiary/aromatic N) is 4. The number of aromatic hydroxyl groups is 2. The van der Waals surface area contributed by atoms with Gasteiger partial charge in [-0.05, 0) is 71.8 Å². The van der Waals surface area contributed by atoms with Crippen LogP contribution < -0.4 is 99.5 Å². The van der Waals surface area contributed by atoms with Crippen molar-refractivity contribution in [1.29, 1.82) is 0 Å². The maximum atomic E-state index is 12.0. The van der Waals surface area contributed by atoms with Gasteiger partial charge in [-0.2, -0.15) is 15.3 Å². The number of carboxylic acids is 1. The Balaban J connectivity index is 0.00000278. The smallest absolute Gasteiger partial charge is 0.744 e. The van der Waals surface area contributed by atoms with Gasteiger partial charge in [0.15, 0.2) is 0 Å². The molecule has 0 saturated heterocycles. The van der Waals surface area contributed by atoms with Gasteiger partial charge < -0.3 is 35.0 Å². The van der Waals surface area contributed by atoms with Gasteiger partial charge in [0.2, 0.25) is 0 Å². The van der Waals surface area contributed by atoms with Crippen molar-refractivity contribution in [3.05, 3.63) is 90.5 Å². The molecule has 0 saturated carbocycles. The maximum Gasteiger partial charge on any atom is 1.00 e. The molecule has 0 atom stereocenters. The number of carbonyl (C=O) groups is 1. The molecule has 5 aromatic carbocycles. The largest absolute Gasteiger partial charge is 1.00 e. The summed E-state index contributed by atoms with van der Waals surface area (Å²) < 4.78 is 70.3. The maximum absolute atomic E-state index is 12.0. The number of fused-ring (bicyclic) bond motifs is 1. The molecular weight excluding hydrogens is 711 g/mol. The fourth-order valence-electron chi connectivity index (χ4n) is 4.34. The summed E-state index contributed by atoms with van der Waals surface area (Å²) in [6, 6.07) is 19.1. The molecule has 5 rings (SSSR count). The Hall–Kier alpha value is -2.75. The molecule has 0 fully saturated rings. The van der Waals surface area contributed by atoms with Crippen LogP contribution in [0.4, 0.5) is 28.4 Å². The van der Waals surface area contributed by atoms with Crippen LogP contribution >= 0.6 is 0 Å². The summed E-state index contributed by atoms with van der Waals surface area (Å²) in [7, 11) is -10.4. The Labute approximate surface area is 345 Å². The van der Waals surface area contributed by atoms with Gasteiger partial charge >= 0.3 is 88.7 Å². The van der Waals surface area contributed by atoms with E-state index in [4.69, 9.17) is 5.73 Å². The van der Waals surface area contributed by atoms with Gasteiger partial charge in [0.1, 0.15) is 37.4 Å². The summed E-state index contributed by atoms with van der Waals surface area (Å²) in [6.45, 7) is 0. The van der Waals surface area contributed by atoms with Crippen molar-refractivity contribution in [3.8, 4) is 22.6 Å². The van der Waals surface area contributed by atoms with E-state index in [0.717, 1.165) is 23.3 Å². The van der Waals surface area contributed by atoms with Crippen molar-refractivity contribution in [2.75, 3.05) is 5.73 Å². The van der Waals surface area contributed by atoms with Crippen molar-refractivity contribution < 1.29 is 135 Å². The fourth-order valence-corrected chi connectivity index (χ4v) is 5.54. The van der Waals surface area contributed by atoms with Crippen LogP contribution in [0.25, 0.3) is 21.9 Å². The zero-order chi connectivity index (χ0) is 33.4. The van der Waals surface area contributed by atoms with E-state index in [9.17, 15) is 46.1 Å². The Morgan fingerprint density at radius 1 is 0.633 bits per heavy atom. The molecule has 0 aliphatic rings. The van der Waals surface area contributed by atoms with Crippen LogP contribution in [0.5, 0.6) is 11.5 Å². The van der Waals surface area contributed by atoms with Gasteiger partial charge in [-0.15, -0.1) is 5.11 Å². The van der Waals surface area contributed by atoms with Gasteiger partial charge in [0.25, 0.3) is 0 Å². The van der Waals surface area contributed by atoms with Crippen molar-refractivity contribution in [2.24, 2.45) is 20.5 Å². The van der Waals surface area contributed by atoms with Crippen LogP contribution in [0, 0.1) is 0 Å². The second kappa shape index (κ2) is 17.0. The molecule has 0 amide bonds. The molecule has 5 aromatic rings. The molecular formula is C29H18N5Na3O10S2. The second-order valence-electron chi connectivity index (χ2n) is 9.56. The van der Waals surface area contributed by atoms with Gasteiger partial charge in [-0.3, -0.25) is 0 Å². The van der Waals surface area contributed by atoms with E-state index in [-0.39, 0.29) is 106 Å². The Bertz CT molecular complexity index is 2320. The third-order valence-electron chi connectivity index (χ3n) is 6.55. The minimum Gasteiger partial charge on any atom is -0.744 e. The predicted octanol–water partition coefficient (Wildman–Crippen LogP) is -4.49. The summed E-state index contributed by atoms with van der Waals surface area (Å²) in [5.41, 5.74) is 7.51. The summed E-state index contributed by atoms with van der Waals surface area (Å²) in [5, 5.41) is 46.0. The van der Waals surface area contributed by atoms with E-state index in [1.54, 1.807) is 48.5 Å². The van der Waals surface area contributed by atoms with Crippen LogP contribution in [0.1, 0.15) is 10.4 Å².